The molecule has 0 unspecified atom stereocenters. The van der Waals surface area contributed by atoms with E-state index in [4.69, 9.17) is 11.6 Å². The number of hydrogen-bond donors (Lipinski definition) is 1. The first-order valence-electron chi connectivity index (χ1n) is 7.70. The fraction of sp³-hybridized carbons (Fsp3) is 0.278. The van der Waals surface area contributed by atoms with Crippen molar-refractivity contribution >= 4 is 45.1 Å². The number of phenols is 1. The Morgan fingerprint density at radius 1 is 1.09 bits per heavy atom. The largest absolute Gasteiger partial charge is 0.507 e. The summed E-state index contributed by atoms with van der Waals surface area (Å²) in [6, 6.07) is 11.1. The summed E-state index contributed by atoms with van der Waals surface area (Å²) < 4.78 is 0.898. The van der Waals surface area contributed by atoms with E-state index in [0.717, 1.165) is 34.0 Å². The van der Waals surface area contributed by atoms with Gasteiger partial charge < -0.3 is 10.0 Å². The van der Waals surface area contributed by atoms with E-state index in [-0.39, 0.29) is 5.75 Å². The number of aliphatic imine (C=N–C) groups is 1. The fourth-order valence-electron chi connectivity index (χ4n) is 2.74. The molecule has 0 radical (unpaired) electrons. The Bertz CT molecular complexity index is 727. The summed E-state index contributed by atoms with van der Waals surface area (Å²) >= 11 is 9.82. The first-order valence-corrected chi connectivity index (χ1v) is 8.88. The van der Waals surface area contributed by atoms with Gasteiger partial charge in [0.2, 0.25) is 0 Å². The van der Waals surface area contributed by atoms with Crippen molar-refractivity contribution in [1.82, 2.24) is 0 Å². The van der Waals surface area contributed by atoms with Crippen molar-refractivity contribution in [2.75, 3.05) is 18.0 Å². The molecule has 120 valence electrons. The number of benzene rings is 2. The zero-order valence-electron chi connectivity index (χ0n) is 12.7. The lowest BCUT2D eigenvalue weighted by Gasteiger charge is -2.29. The van der Waals surface area contributed by atoms with Gasteiger partial charge in [-0.3, -0.25) is 4.99 Å². The van der Waals surface area contributed by atoms with E-state index >= 15 is 0 Å². The molecular weight excluding hydrogens is 376 g/mol. The van der Waals surface area contributed by atoms with Crippen LogP contribution >= 0.6 is 27.5 Å². The van der Waals surface area contributed by atoms with Gasteiger partial charge in [0.05, 0.1) is 16.4 Å². The van der Waals surface area contributed by atoms with Crippen molar-refractivity contribution in [2.45, 2.75) is 19.3 Å². The summed E-state index contributed by atoms with van der Waals surface area (Å²) in [7, 11) is 0. The number of phenolic OH excluding ortho intramolecular Hbond substituents is 1. The quantitative estimate of drug-likeness (QED) is 0.694. The average molecular weight is 394 g/mol. The van der Waals surface area contributed by atoms with Gasteiger partial charge in [0, 0.05) is 29.3 Å². The summed E-state index contributed by atoms with van der Waals surface area (Å²) in [5, 5.41) is 10.6. The number of aromatic hydroxyl groups is 1. The van der Waals surface area contributed by atoms with Gasteiger partial charge in [-0.15, -0.1) is 0 Å². The van der Waals surface area contributed by atoms with Gasteiger partial charge in [-0.05, 0) is 55.7 Å². The second kappa shape index (κ2) is 7.37. The summed E-state index contributed by atoms with van der Waals surface area (Å²) in [5.41, 5.74) is 2.52. The SMILES string of the molecule is Oc1ccc(Br)cc1C=Nc1ccc(N2CCCCC2)c(Cl)c1. The molecule has 2 aromatic carbocycles. The molecule has 3 nitrogen and oxygen atoms in total. The third-order valence-electron chi connectivity index (χ3n) is 3.97. The molecule has 0 amide bonds. The zero-order chi connectivity index (χ0) is 16.2. The number of rotatable bonds is 3. The molecule has 0 spiro atoms. The summed E-state index contributed by atoms with van der Waals surface area (Å²) in [4.78, 5) is 6.75. The highest BCUT2D eigenvalue weighted by Gasteiger charge is 2.13. The topological polar surface area (TPSA) is 35.8 Å². The lowest BCUT2D eigenvalue weighted by molar-refractivity contribution is 0.474. The average Bonchev–Trinajstić information content (AvgIpc) is 2.56. The minimum absolute atomic E-state index is 0.202. The van der Waals surface area contributed by atoms with Crippen LogP contribution in [0.3, 0.4) is 0 Å². The second-order valence-electron chi connectivity index (χ2n) is 5.64. The maximum atomic E-state index is 9.84. The van der Waals surface area contributed by atoms with E-state index in [9.17, 15) is 5.11 Å². The molecule has 23 heavy (non-hydrogen) atoms. The molecule has 2 aromatic rings. The van der Waals surface area contributed by atoms with Gasteiger partial charge >= 0.3 is 0 Å². The first-order chi connectivity index (χ1) is 11.1. The van der Waals surface area contributed by atoms with Crippen LogP contribution in [0.1, 0.15) is 24.8 Å². The van der Waals surface area contributed by atoms with Crippen LogP contribution in [0.25, 0.3) is 0 Å². The van der Waals surface area contributed by atoms with Crippen molar-refractivity contribution in [2.24, 2.45) is 4.99 Å². The Balaban J connectivity index is 1.80. The van der Waals surface area contributed by atoms with E-state index < -0.39 is 0 Å². The van der Waals surface area contributed by atoms with Crippen LogP contribution in [0.4, 0.5) is 11.4 Å². The van der Waals surface area contributed by atoms with E-state index in [1.807, 2.05) is 24.3 Å². The van der Waals surface area contributed by atoms with Crippen LogP contribution in [-0.2, 0) is 0 Å². The van der Waals surface area contributed by atoms with Crippen LogP contribution in [0.15, 0.2) is 45.9 Å². The van der Waals surface area contributed by atoms with Crippen molar-refractivity contribution in [3.63, 3.8) is 0 Å². The number of piperidine rings is 1. The maximum Gasteiger partial charge on any atom is 0.124 e. The Labute approximate surface area is 149 Å². The molecule has 1 saturated heterocycles. The van der Waals surface area contributed by atoms with Crippen LogP contribution in [0, 0.1) is 0 Å². The molecule has 0 bridgehead atoms. The van der Waals surface area contributed by atoms with Gasteiger partial charge in [0.1, 0.15) is 5.75 Å². The van der Waals surface area contributed by atoms with Crippen molar-refractivity contribution in [1.29, 1.82) is 0 Å². The highest BCUT2D eigenvalue weighted by Crippen LogP contribution is 2.32. The van der Waals surface area contributed by atoms with E-state index in [1.165, 1.54) is 19.3 Å². The predicted octanol–water partition coefficient (Wildman–Crippen LogP) is 5.55. The Morgan fingerprint density at radius 2 is 1.87 bits per heavy atom. The molecule has 3 rings (SSSR count). The molecule has 0 aliphatic carbocycles. The first kappa shape index (κ1) is 16.3. The molecule has 1 aliphatic heterocycles. The van der Waals surface area contributed by atoms with E-state index in [1.54, 1.807) is 18.3 Å². The lowest BCUT2D eigenvalue weighted by atomic mass is 10.1. The predicted molar refractivity (Wildman–Crippen MR) is 101 cm³/mol. The minimum Gasteiger partial charge on any atom is -0.507 e. The van der Waals surface area contributed by atoms with Crippen molar-refractivity contribution < 1.29 is 5.11 Å². The zero-order valence-corrected chi connectivity index (χ0v) is 15.0. The third kappa shape index (κ3) is 4.06. The lowest BCUT2D eigenvalue weighted by Crippen LogP contribution is -2.29. The smallest absolute Gasteiger partial charge is 0.124 e. The molecule has 1 N–H and O–H groups in total. The highest BCUT2D eigenvalue weighted by molar-refractivity contribution is 9.10. The normalized spacial score (nSPS) is 15.3. The van der Waals surface area contributed by atoms with Crippen molar-refractivity contribution in [3.05, 3.63) is 51.5 Å². The van der Waals surface area contributed by atoms with Crippen LogP contribution in [0.2, 0.25) is 5.02 Å². The molecule has 0 atom stereocenters. The van der Waals surface area contributed by atoms with Gasteiger partial charge in [-0.1, -0.05) is 27.5 Å². The summed E-state index contributed by atoms with van der Waals surface area (Å²) in [5.74, 6) is 0.202. The molecule has 5 heteroatoms. The second-order valence-corrected chi connectivity index (χ2v) is 6.97. The Morgan fingerprint density at radius 3 is 2.61 bits per heavy atom. The molecule has 1 aliphatic rings. The number of hydrogen-bond acceptors (Lipinski definition) is 3. The van der Waals surface area contributed by atoms with Gasteiger partial charge in [-0.25, -0.2) is 0 Å². The molecular formula is C18H18BrClN2O. The number of nitrogens with zero attached hydrogens (tertiary/aromatic N) is 2. The minimum atomic E-state index is 0.202. The van der Waals surface area contributed by atoms with E-state index in [2.05, 4.69) is 25.8 Å². The Hall–Kier alpha value is -1.52. The monoisotopic (exact) mass is 392 g/mol. The maximum absolute atomic E-state index is 9.84. The van der Waals surface area contributed by atoms with Gasteiger partial charge in [0.25, 0.3) is 0 Å². The molecule has 0 aromatic heterocycles. The number of halogens is 2. The standard InChI is InChI=1S/C18H18BrClN2O/c19-14-4-7-18(23)13(10-14)12-21-15-5-6-17(16(20)11-15)22-8-2-1-3-9-22/h4-7,10-12,23H,1-3,8-9H2. The molecule has 1 heterocycles. The third-order valence-corrected chi connectivity index (χ3v) is 4.77. The van der Waals surface area contributed by atoms with E-state index in [0.29, 0.717) is 5.56 Å². The summed E-state index contributed by atoms with van der Waals surface area (Å²) in [6.45, 7) is 2.13. The van der Waals surface area contributed by atoms with Crippen LogP contribution in [-0.4, -0.2) is 24.4 Å². The fourth-order valence-corrected chi connectivity index (χ4v) is 3.41. The summed E-state index contributed by atoms with van der Waals surface area (Å²) in [6.07, 6.45) is 5.38. The molecule has 1 fully saturated rings. The highest BCUT2D eigenvalue weighted by atomic mass is 79.9. The van der Waals surface area contributed by atoms with Crippen LogP contribution in [0.5, 0.6) is 5.75 Å². The van der Waals surface area contributed by atoms with Gasteiger partial charge in [-0.2, -0.15) is 0 Å². The number of anilines is 1. The molecule has 0 saturated carbocycles. The van der Waals surface area contributed by atoms with Crippen molar-refractivity contribution in [3.8, 4) is 5.75 Å². The Kier molecular flexibility index (Phi) is 5.23. The van der Waals surface area contributed by atoms with Gasteiger partial charge in [0.15, 0.2) is 0 Å². The van der Waals surface area contributed by atoms with Crippen LogP contribution < -0.4 is 4.90 Å².